The number of sulfonamides is 1. The molecule has 1 aromatic carbocycles. The van der Waals surface area contributed by atoms with Crippen molar-refractivity contribution in [1.29, 1.82) is 0 Å². The number of imidazole rings is 1. The maximum absolute atomic E-state index is 12.9. The molecular formula is C17H22N4O2S. The molecule has 0 spiro atoms. The fourth-order valence-electron chi connectivity index (χ4n) is 2.97. The van der Waals surface area contributed by atoms with Crippen molar-refractivity contribution >= 4 is 16.1 Å². The van der Waals surface area contributed by atoms with Crippen LogP contribution in [0.4, 0.5) is 0 Å². The highest BCUT2D eigenvalue weighted by Crippen LogP contribution is 2.27. The minimum Gasteiger partial charge on any atom is -0.337 e. The Labute approximate surface area is 143 Å². The zero-order valence-corrected chi connectivity index (χ0v) is 14.8. The molecule has 2 heterocycles. The lowest BCUT2D eigenvalue weighted by Gasteiger charge is -2.38. The molecule has 1 unspecified atom stereocenters. The lowest BCUT2D eigenvalue weighted by molar-refractivity contribution is 0.140. The maximum atomic E-state index is 12.9. The first kappa shape index (κ1) is 16.9. The van der Waals surface area contributed by atoms with E-state index in [0.29, 0.717) is 24.5 Å². The first-order valence-corrected chi connectivity index (χ1v) is 9.27. The summed E-state index contributed by atoms with van der Waals surface area (Å²) < 4.78 is 29.4. The molecule has 7 heteroatoms. The van der Waals surface area contributed by atoms with E-state index < -0.39 is 10.0 Å². The van der Waals surface area contributed by atoms with Gasteiger partial charge in [0.2, 0.25) is 10.0 Å². The number of hydrogen-bond donors (Lipinski definition) is 0. The molecule has 6 nitrogen and oxygen atoms in total. The van der Waals surface area contributed by atoms with Gasteiger partial charge in [0, 0.05) is 39.1 Å². The predicted octanol–water partition coefficient (Wildman–Crippen LogP) is 1.74. The summed E-state index contributed by atoms with van der Waals surface area (Å²) in [5.41, 5.74) is 0.901. The van der Waals surface area contributed by atoms with Crippen LogP contribution in [0.3, 0.4) is 0 Å². The molecule has 24 heavy (non-hydrogen) atoms. The Kier molecular flexibility index (Phi) is 4.58. The van der Waals surface area contributed by atoms with Crippen molar-refractivity contribution in [2.75, 3.05) is 26.7 Å². The van der Waals surface area contributed by atoms with Crippen molar-refractivity contribution < 1.29 is 8.42 Å². The summed E-state index contributed by atoms with van der Waals surface area (Å²) in [6.45, 7) is 5.23. The lowest BCUT2D eigenvalue weighted by atomic mass is 10.2. The Hall–Kier alpha value is -1.96. The molecule has 1 aromatic heterocycles. The van der Waals surface area contributed by atoms with Crippen LogP contribution in [0.15, 0.2) is 48.1 Å². The molecule has 1 aliphatic rings. The van der Waals surface area contributed by atoms with Crippen LogP contribution in [0.2, 0.25) is 0 Å². The minimum atomic E-state index is -3.51. The average molecular weight is 346 g/mol. The Morgan fingerprint density at radius 3 is 2.50 bits per heavy atom. The van der Waals surface area contributed by atoms with E-state index in [9.17, 15) is 8.42 Å². The van der Waals surface area contributed by atoms with Gasteiger partial charge in [0.15, 0.2) is 0 Å². The number of piperazine rings is 1. The summed E-state index contributed by atoms with van der Waals surface area (Å²) >= 11 is 0. The van der Waals surface area contributed by atoms with E-state index in [1.165, 1.54) is 0 Å². The Morgan fingerprint density at radius 2 is 1.92 bits per heavy atom. The van der Waals surface area contributed by atoms with E-state index in [4.69, 9.17) is 0 Å². The second-order valence-electron chi connectivity index (χ2n) is 6.03. The van der Waals surface area contributed by atoms with Gasteiger partial charge < -0.3 is 4.57 Å². The number of hydrogen-bond acceptors (Lipinski definition) is 4. The van der Waals surface area contributed by atoms with Gasteiger partial charge in [-0.3, -0.25) is 4.90 Å². The third kappa shape index (κ3) is 3.02. The number of aryl methyl sites for hydroxylation is 1. The Morgan fingerprint density at radius 1 is 1.21 bits per heavy atom. The van der Waals surface area contributed by atoms with E-state index >= 15 is 0 Å². The highest BCUT2D eigenvalue weighted by molar-refractivity contribution is 7.89. The maximum Gasteiger partial charge on any atom is 0.243 e. The minimum absolute atomic E-state index is 0.0547. The molecule has 0 aliphatic carbocycles. The van der Waals surface area contributed by atoms with Gasteiger partial charge >= 0.3 is 0 Å². The summed E-state index contributed by atoms with van der Waals surface area (Å²) in [4.78, 5) is 6.85. The zero-order chi connectivity index (χ0) is 17.3. The summed E-state index contributed by atoms with van der Waals surface area (Å²) in [7, 11) is 0.418. The largest absolute Gasteiger partial charge is 0.337 e. The molecule has 0 amide bonds. The van der Waals surface area contributed by atoms with Gasteiger partial charge in [-0.05, 0) is 24.7 Å². The van der Waals surface area contributed by atoms with Crippen LogP contribution in [-0.4, -0.2) is 53.9 Å². The Balaban J connectivity index is 1.88. The van der Waals surface area contributed by atoms with Gasteiger partial charge in [-0.1, -0.05) is 24.8 Å². The smallest absolute Gasteiger partial charge is 0.243 e. The van der Waals surface area contributed by atoms with E-state index in [1.54, 1.807) is 40.8 Å². The molecule has 0 N–H and O–H groups in total. The highest BCUT2D eigenvalue weighted by Gasteiger charge is 2.34. The molecule has 1 atom stereocenters. The van der Waals surface area contributed by atoms with Crippen LogP contribution in [0, 0.1) is 0 Å². The molecule has 2 aromatic rings. The third-order valence-electron chi connectivity index (χ3n) is 4.52. The van der Waals surface area contributed by atoms with Crippen LogP contribution < -0.4 is 0 Å². The van der Waals surface area contributed by atoms with Gasteiger partial charge in [0.25, 0.3) is 0 Å². The number of nitrogens with zero attached hydrogens (tertiary/aromatic N) is 4. The van der Waals surface area contributed by atoms with E-state index in [-0.39, 0.29) is 6.04 Å². The van der Waals surface area contributed by atoms with Crippen LogP contribution in [-0.2, 0) is 17.1 Å². The first-order chi connectivity index (χ1) is 11.4. The van der Waals surface area contributed by atoms with Crippen molar-refractivity contribution in [3.8, 4) is 0 Å². The summed E-state index contributed by atoms with van der Waals surface area (Å²) in [5, 5.41) is 0. The van der Waals surface area contributed by atoms with Crippen molar-refractivity contribution in [3.63, 3.8) is 0 Å². The fourth-order valence-corrected chi connectivity index (χ4v) is 4.41. The van der Waals surface area contributed by atoms with Gasteiger partial charge in [-0.25, -0.2) is 13.4 Å². The van der Waals surface area contributed by atoms with Crippen molar-refractivity contribution in [1.82, 2.24) is 18.8 Å². The van der Waals surface area contributed by atoms with E-state index in [2.05, 4.69) is 16.5 Å². The summed E-state index contributed by atoms with van der Waals surface area (Å²) in [5.74, 6) is 0.874. The molecule has 0 radical (unpaired) electrons. The quantitative estimate of drug-likeness (QED) is 0.846. The molecule has 0 bridgehead atoms. The molecule has 128 valence electrons. The monoisotopic (exact) mass is 346 g/mol. The highest BCUT2D eigenvalue weighted by atomic mass is 32.2. The number of rotatable bonds is 4. The molecule has 3 rings (SSSR count). The zero-order valence-electron chi connectivity index (χ0n) is 14.0. The lowest BCUT2D eigenvalue weighted by Crippen LogP contribution is -2.49. The van der Waals surface area contributed by atoms with Gasteiger partial charge in [0.1, 0.15) is 5.82 Å². The normalized spacial score (nSPS) is 20.2. The second kappa shape index (κ2) is 6.51. The summed E-state index contributed by atoms with van der Waals surface area (Å²) in [6.07, 6.45) is 5.32. The van der Waals surface area contributed by atoms with Crippen LogP contribution in [0.1, 0.15) is 17.4 Å². The van der Waals surface area contributed by atoms with Gasteiger partial charge in [-0.15, -0.1) is 0 Å². The Bertz CT molecular complexity index is 827. The molecular weight excluding hydrogens is 324 g/mol. The SMILES string of the molecule is C=Cc1ccc(S(=O)(=O)N2CCN(C)C(c3nccn3C)C2)cc1. The molecule has 1 saturated heterocycles. The average Bonchev–Trinajstić information content (AvgIpc) is 3.01. The number of aromatic nitrogens is 2. The second-order valence-corrected chi connectivity index (χ2v) is 7.97. The van der Waals surface area contributed by atoms with Crippen LogP contribution in [0.25, 0.3) is 6.08 Å². The van der Waals surface area contributed by atoms with Gasteiger partial charge in [-0.2, -0.15) is 4.31 Å². The molecule has 1 fully saturated rings. The predicted molar refractivity (Wildman–Crippen MR) is 93.9 cm³/mol. The van der Waals surface area contributed by atoms with Crippen molar-refractivity contribution in [2.45, 2.75) is 10.9 Å². The molecule has 0 saturated carbocycles. The van der Waals surface area contributed by atoms with Crippen LogP contribution >= 0.6 is 0 Å². The fraction of sp³-hybridized carbons (Fsp3) is 0.353. The van der Waals surface area contributed by atoms with Gasteiger partial charge in [0.05, 0.1) is 10.9 Å². The number of benzene rings is 1. The number of likely N-dealkylation sites (N-methyl/N-ethyl adjacent to an activating group) is 1. The van der Waals surface area contributed by atoms with E-state index in [0.717, 1.165) is 11.4 Å². The van der Waals surface area contributed by atoms with Crippen molar-refractivity contribution in [3.05, 3.63) is 54.6 Å². The standard InChI is InChI=1S/C17H22N4O2S/c1-4-14-5-7-15(8-6-14)24(22,23)21-12-11-19(2)16(13-21)17-18-9-10-20(17)3/h4-10,16H,1,11-13H2,2-3H3. The van der Waals surface area contributed by atoms with Crippen molar-refractivity contribution in [2.24, 2.45) is 7.05 Å². The molecule has 1 aliphatic heterocycles. The van der Waals surface area contributed by atoms with Crippen LogP contribution in [0.5, 0.6) is 0 Å². The third-order valence-corrected chi connectivity index (χ3v) is 6.40. The topological polar surface area (TPSA) is 58.4 Å². The summed E-state index contributed by atoms with van der Waals surface area (Å²) in [6, 6.07) is 6.76. The first-order valence-electron chi connectivity index (χ1n) is 7.83. The van der Waals surface area contributed by atoms with E-state index in [1.807, 2.05) is 24.9 Å².